The van der Waals surface area contributed by atoms with Crippen molar-refractivity contribution in [1.29, 1.82) is 0 Å². The van der Waals surface area contributed by atoms with Crippen molar-refractivity contribution in [3.05, 3.63) is 98.6 Å². The zero-order valence-electron chi connectivity index (χ0n) is 20.8. The first kappa shape index (κ1) is 25.4. The molecule has 0 radical (unpaired) electrons. The number of nitro benzene ring substituents is 1. The van der Waals surface area contributed by atoms with Crippen molar-refractivity contribution in [2.45, 2.75) is 26.8 Å². The molecule has 190 valence electrons. The Morgan fingerprint density at radius 3 is 2.35 bits per heavy atom. The molecule has 1 N–H and O–H groups in total. The number of carbonyl (C=O) groups is 2. The van der Waals surface area contributed by atoms with Gasteiger partial charge in [-0.3, -0.25) is 24.6 Å². The van der Waals surface area contributed by atoms with Crippen LogP contribution in [0.2, 0.25) is 0 Å². The number of nitro groups is 1. The summed E-state index contributed by atoms with van der Waals surface area (Å²) in [5, 5.41) is 22.6. The number of rotatable bonds is 7. The molecule has 1 aliphatic rings. The summed E-state index contributed by atoms with van der Waals surface area (Å²) in [5.41, 5.74) is 2.37. The first-order chi connectivity index (χ1) is 17.7. The molecule has 1 unspecified atom stereocenters. The van der Waals surface area contributed by atoms with E-state index < -0.39 is 28.4 Å². The molecule has 0 aromatic heterocycles. The summed E-state index contributed by atoms with van der Waals surface area (Å²) in [6.07, 6.45) is 0. The highest BCUT2D eigenvalue weighted by atomic mass is 16.6. The number of Topliss-reactive ketones (excluding diaryl/α,β-unsaturated/α-hetero) is 1. The Labute approximate surface area is 213 Å². The van der Waals surface area contributed by atoms with Gasteiger partial charge in [0.25, 0.3) is 17.4 Å². The van der Waals surface area contributed by atoms with Gasteiger partial charge in [0.2, 0.25) is 0 Å². The Kier molecular flexibility index (Phi) is 6.97. The van der Waals surface area contributed by atoms with Crippen LogP contribution in [0.15, 0.2) is 66.2 Å². The Morgan fingerprint density at radius 2 is 1.73 bits per heavy atom. The highest BCUT2D eigenvalue weighted by Gasteiger charge is 2.47. The summed E-state index contributed by atoms with van der Waals surface area (Å²) < 4.78 is 11.1. The second-order valence-electron chi connectivity index (χ2n) is 8.67. The minimum absolute atomic E-state index is 0.0520. The molecular formula is C28H26N2O7. The van der Waals surface area contributed by atoms with Gasteiger partial charge in [0.1, 0.15) is 5.76 Å². The monoisotopic (exact) mass is 502 g/mol. The molecule has 0 spiro atoms. The normalized spacial score (nSPS) is 16.6. The van der Waals surface area contributed by atoms with E-state index in [2.05, 4.69) is 0 Å². The number of aryl methyl sites for hydroxylation is 2. The van der Waals surface area contributed by atoms with Gasteiger partial charge >= 0.3 is 0 Å². The van der Waals surface area contributed by atoms with Crippen LogP contribution in [0.4, 0.5) is 11.4 Å². The van der Waals surface area contributed by atoms with Crippen LogP contribution in [-0.2, 0) is 9.59 Å². The number of anilines is 1. The van der Waals surface area contributed by atoms with E-state index >= 15 is 0 Å². The van der Waals surface area contributed by atoms with Crippen molar-refractivity contribution in [2.75, 3.05) is 18.6 Å². The summed E-state index contributed by atoms with van der Waals surface area (Å²) in [7, 11) is 1.50. The molecule has 1 heterocycles. The summed E-state index contributed by atoms with van der Waals surface area (Å²) >= 11 is 0. The SMILES string of the molecule is CCOc1cc(C2/C(=C(\O)c3cccc([N+](=O)[O-])c3)C(=O)C(=O)N2c2cc(C)cc(C)c2)ccc1OC. The maximum absolute atomic E-state index is 13.4. The van der Waals surface area contributed by atoms with Crippen LogP contribution in [-0.4, -0.2) is 35.4 Å². The highest BCUT2D eigenvalue weighted by Crippen LogP contribution is 2.44. The molecule has 1 fully saturated rings. The van der Waals surface area contributed by atoms with E-state index in [4.69, 9.17) is 9.47 Å². The largest absolute Gasteiger partial charge is 0.507 e. The predicted octanol–water partition coefficient (Wildman–Crippen LogP) is 5.25. The Hall–Kier alpha value is -4.66. The van der Waals surface area contributed by atoms with Crippen molar-refractivity contribution in [3.63, 3.8) is 0 Å². The molecule has 1 aliphatic heterocycles. The van der Waals surface area contributed by atoms with Gasteiger partial charge < -0.3 is 14.6 Å². The number of amides is 1. The third-order valence-corrected chi connectivity index (χ3v) is 6.06. The zero-order chi connectivity index (χ0) is 26.9. The first-order valence-electron chi connectivity index (χ1n) is 11.6. The molecule has 0 bridgehead atoms. The standard InChI is InChI=1S/C28H26N2O7/c1-5-37-23-15-18(9-10-22(23)36-4)25-24(26(31)19-7-6-8-20(14-19)30(34)35)27(32)28(33)29(25)21-12-16(2)11-17(3)13-21/h6-15,25,31H,5H2,1-4H3/b26-24+. The van der Waals surface area contributed by atoms with Gasteiger partial charge in [-0.25, -0.2) is 0 Å². The minimum atomic E-state index is -1.02. The number of ether oxygens (including phenoxy) is 2. The topological polar surface area (TPSA) is 119 Å². The van der Waals surface area contributed by atoms with Crippen molar-refractivity contribution < 1.29 is 29.1 Å². The molecule has 1 saturated heterocycles. The predicted molar refractivity (Wildman–Crippen MR) is 138 cm³/mol. The molecule has 3 aromatic carbocycles. The maximum atomic E-state index is 13.4. The van der Waals surface area contributed by atoms with Gasteiger partial charge in [-0.15, -0.1) is 0 Å². The molecule has 3 aromatic rings. The number of non-ortho nitro benzene ring substituents is 1. The van der Waals surface area contributed by atoms with Gasteiger partial charge in [-0.05, 0) is 61.7 Å². The lowest BCUT2D eigenvalue weighted by Crippen LogP contribution is -2.29. The fourth-order valence-electron chi connectivity index (χ4n) is 4.56. The van der Waals surface area contributed by atoms with Gasteiger partial charge in [0.15, 0.2) is 11.5 Å². The van der Waals surface area contributed by atoms with Crippen LogP contribution in [0, 0.1) is 24.0 Å². The van der Waals surface area contributed by atoms with E-state index in [1.807, 2.05) is 26.8 Å². The number of ketones is 1. The van der Waals surface area contributed by atoms with Gasteiger partial charge in [0.05, 0.1) is 30.3 Å². The quantitative estimate of drug-likeness (QED) is 0.154. The average Bonchev–Trinajstić information content (AvgIpc) is 3.13. The molecule has 0 aliphatic carbocycles. The van der Waals surface area contributed by atoms with Gasteiger partial charge in [-0.1, -0.05) is 24.3 Å². The molecular weight excluding hydrogens is 476 g/mol. The van der Waals surface area contributed by atoms with E-state index in [1.54, 1.807) is 30.3 Å². The number of carbonyl (C=O) groups excluding carboxylic acids is 2. The molecule has 1 atom stereocenters. The third-order valence-electron chi connectivity index (χ3n) is 6.06. The molecule has 1 amide bonds. The van der Waals surface area contributed by atoms with Crippen molar-refractivity contribution in [1.82, 2.24) is 0 Å². The lowest BCUT2D eigenvalue weighted by atomic mass is 9.94. The van der Waals surface area contributed by atoms with Crippen LogP contribution >= 0.6 is 0 Å². The number of aliphatic hydroxyl groups excluding tert-OH is 1. The molecule has 9 nitrogen and oxygen atoms in total. The number of hydrogen-bond acceptors (Lipinski definition) is 7. The average molecular weight is 503 g/mol. The lowest BCUT2D eigenvalue weighted by Gasteiger charge is -2.26. The Morgan fingerprint density at radius 1 is 1.03 bits per heavy atom. The summed E-state index contributed by atoms with van der Waals surface area (Å²) in [5.74, 6) is -1.36. The van der Waals surface area contributed by atoms with E-state index in [0.717, 1.165) is 17.2 Å². The highest BCUT2D eigenvalue weighted by molar-refractivity contribution is 6.51. The van der Waals surface area contributed by atoms with Crippen LogP contribution < -0.4 is 14.4 Å². The third kappa shape index (κ3) is 4.75. The van der Waals surface area contributed by atoms with Crippen molar-refractivity contribution >= 4 is 28.8 Å². The zero-order valence-corrected chi connectivity index (χ0v) is 20.8. The second-order valence-corrected chi connectivity index (χ2v) is 8.67. The maximum Gasteiger partial charge on any atom is 0.300 e. The number of nitrogens with zero attached hydrogens (tertiary/aromatic N) is 2. The van der Waals surface area contributed by atoms with Crippen LogP contribution in [0.25, 0.3) is 5.76 Å². The fourth-order valence-corrected chi connectivity index (χ4v) is 4.56. The summed E-state index contributed by atoms with van der Waals surface area (Å²) in [4.78, 5) is 38.9. The summed E-state index contributed by atoms with van der Waals surface area (Å²) in [6, 6.07) is 14.8. The number of aliphatic hydroxyl groups is 1. The van der Waals surface area contributed by atoms with Gasteiger partial charge in [0, 0.05) is 23.4 Å². The summed E-state index contributed by atoms with van der Waals surface area (Å²) in [6.45, 7) is 5.93. The molecule has 37 heavy (non-hydrogen) atoms. The van der Waals surface area contributed by atoms with Crippen molar-refractivity contribution in [3.8, 4) is 11.5 Å². The van der Waals surface area contributed by atoms with Crippen LogP contribution in [0.5, 0.6) is 11.5 Å². The van der Waals surface area contributed by atoms with Gasteiger partial charge in [-0.2, -0.15) is 0 Å². The minimum Gasteiger partial charge on any atom is -0.507 e. The van der Waals surface area contributed by atoms with Crippen molar-refractivity contribution in [2.24, 2.45) is 0 Å². The molecule has 4 rings (SSSR count). The van der Waals surface area contributed by atoms with E-state index in [-0.39, 0.29) is 16.8 Å². The van der Waals surface area contributed by atoms with E-state index in [0.29, 0.717) is 29.4 Å². The lowest BCUT2D eigenvalue weighted by molar-refractivity contribution is -0.384. The first-order valence-corrected chi connectivity index (χ1v) is 11.6. The molecule has 0 saturated carbocycles. The Bertz CT molecular complexity index is 1420. The van der Waals surface area contributed by atoms with Crippen LogP contribution in [0.3, 0.4) is 0 Å². The second kappa shape index (κ2) is 10.1. The number of hydrogen-bond donors (Lipinski definition) is 1. The van der Waals surface area contributed by atoms with E-state index in [9.17, 15) is 24.8 Å². The fraction of sp³-hybridized carbons (Fsp3) is 0.214. The Balaban J connectivity index is 1.99. The number of benzene rings is 3. The molecule has 9 heteroatoms. The number of methoxy groups -OCH3 is 1. The smallest absolute Gasteiger partial charge is 0.300 e. The van der Waals surface area contributed by atoms with Crippen LogP contribution in [0.1, 0.15) is 35.2 Å². The van der Waals surface area contributed by atoms with E-state index in [1.165, 1.54) is 30.2 Å².